The molecule has 0 amide bonds. The van der Waals surface area contributed by atoms with Crippen LogP contribution < -0.4 is 11.2 Å². The van der Waals surface area contributed by atoms with Gasteiger partial charge in [0.1, 0.15) is 11.6 Å². The van der Waals surface area contributed by atoms with Crippen molar-refractivity contribution in [3.05, 3.63) is 92.9 Å². The summed E-state index contributed by atoms with van der Waals surface area (Å²) in [5, 5.41) is 0. The first-order valence-electron chi connectivity index (χ1n) is 10.1. The van der Waals surface area contributed by atoms with Crippen molar-refractivity contribution in [3.8, 4) is 5.69 Å². The lowest BCUT2D eigenvalue weighted by molar-refractivity contribution is 0.491. The van der Waals surface area contributed by atoms with Gasteiger partial charge >= 0.3 is 5.69 Å². The maximum absolute atomic E-state index is 14.2. The Labute approximate surface area is 177 Å². The average Bonchev–Trinajstić information content (AvgIpc) is 3.14. The third kappa shape index (κ3) is 3.93. The zero-order valence-corrected chi connectivity index (χ0v) is 17.3. The molecular formula is C23H22F2N4O2. The zero-order valence-electron chi connectivity index (χ0n) is 17.3. The number of nitrogens with zero attached hydrogens (tertiary/aromatic N) is 4. The molecule has 0 aliphatic rings. The Bertz CT molecular complexity index is 1350. The van der Waals surface area contributed by atoms with E-state index in [0.717, 1.165) is 0 Å². The van der Waals surface area contributed by atoms with E-state index in [4.69, 9.17) is 0 Å². The molecule has 4 rings (SSSR count). The van der Waals surface area contributed by atoms with E-state index in [2.05, 4.69) is 4.98 Å². The van der Waals surface area contributed by atoms with E-state index in [1.165, 1.54) is 45.8 Å². The monoisotopic (exact) mass is 424 g/mol. The number of imidazole rings is 1. The standard InChI is InChI=1S/C23H22F2N4O2/c1-15(2)11-12-28-22(30)20-21(29(23(28)31)18-9-7-17(24)8-10-18)26-14-27(20)13-16-5-3-4-6-19(16)25/h3-10,14-15H,11-13H2,1-2H3. The van der Waals surface area contributed by atoms with Gasteiger partial charge in [-0.05, 0) is 42.7 Å². The molecule has 8 heteroatoms. The van der Waals surface area contributed by atoms with Crippen LogP contribution >= 0.6 is 0 Å². The van der Waals surface area contributed by atoms with Crippen LogP contribution in [0, 0.1) is 17.6 Å². The Morgan fingerprint density at radius 2 is 1.71 bits per heavy atom. The SMILES string of the molecule is CC(C)CCn1c(=O)c2c(ncn2Cc2ccccc2F)n(-c2ccc(F)cc2)c1=O. The third-order valence-corrected chi connectivity index (χ3v) is 5.21. The number of halogens is 2. The van der Waals surface area contributed by atoms with Crippen molar-refractivity contribution in [2.45, 2.75) is 33.4 Å². The van der Waals surface area contributed by atoms with Crippen LogP contribution in [0.4, 0.5) is 8.78 Å². The van der Waals surface area contributed by atoms with Gasteiger partial charge in [0.05, 0.1) is 18.6 Å². The molecule has 2 aromatic heterocycles. The number of hydrogen-bond acceptors (Lipinski definition) is 3. The van der Waals surface area contributed by atoms with Crippen LogP contribution in [-0.2, 0) is 13.1 Å². The fourth-order valence-corrected chi connectivity index (χ4v) is 3.52. The summed E-state index contributed by atoms with van der Waals surface area (Å²) in [4.78, 5) is 30.8. The minimum absolute atomic E-state index is 0.0875. The first kappa shape index (κ1) is 20.7. The van der Waals surface area contributed by atoms with Crippen LogP contribution in [0.3, 0.4) is 0 Å². The molecule has 0 N–H and O–H groups in total. The van der Waals surface area contributed by atoms with Gasteiger partial charge in [-0.3, -0.25) is 9.36 Å². The van der Waals surface area contributed by atoms with Gasteiger partial charge in [0, 0.05) is 12.1 Å². The molecule has 0 aliphatic carbocycles. The molecule has 0 saturated carbocycles. The molecule has 6 nitrogen and oxygen atoms in total. The Hall–Kier alpha value is -3.55. The molecule has 0 bridgehead atoms. The van der Waals surface area contributed by atoms with Gasteiger partial charge in [-0.2, -0.15) is 0 Å². The van der Waals surface area contributed by atoms with Crippen LogP contribution in [0.1, 0.15) is 25.8 Å². The Balaban J connectivity index is 1.97. The van der Waals surface area contributed by atoms with E-state index >= 15 is 0 Å². The summed E-state index contributed by atoms with van der Waals surface area (Å²) >= 11 is 0. The maximum atomic E-state index is 14.2. The number of benzene rings is 2. The largest absolute Gasteiger partial charge is 0.337 e. The second-order valence-corrected chi connectivity index (χ2v) is 7.87. The Morgan fingerprint density at radius 3 is 2.39 bits per heavy atom. The van der Waals surface area contributed by atoms with Gasteiger partial charge < -0.3 is 4.57 Å². The summed E-state index contributed by atoms with van der Waals surface area (Å²) in [6, 6.07) is 11.7. The van der Waals surface area contributed by atoms with Crippen molar-refractivity contribution in [1.82, 2.24) is 18.7 Å². The topological polar surface area (TPSA) is 61.8 Å². The van der Waals surface area contributed by atoms with Crippen molar-refractivity contribution in [3.63, 3.8) is 0 Å². The van der Waals surface area contributed by atoms with Crippen LogP contribution in [0.15, 0.2) is 64.4 Å². The summed E-state index contributed by atoms with van der Waals surface area (Å²) in [6.45, 7) is 4.33. The van der Waals surface area contributed by atoms with Crippen LogP contribution in [-0.4, -0.2) is 18.7 Å². The molecule has 0 radical (unpaired) electrons. The van der Waals surface area contributed by atoms with Crippen molar-refractivity contribution < 1.29 is 8.78 Å². The highest BCUT2D eigenvalue weighted by Crippen LogP contribution is 2.16. The first-order valence-corrected chi connectivity index (χ1v) is 10.1. The minimum atomic E-state index is -0.541. The number of fused-ring (bicyclic) bond motifs is 1. The highest BCUT2D eigenvalue weighted by Gasteiger charge is 2.20. The fraction of sp³-hybridized carbons (Fsp3) is 0.261. The number of aromatic nitrogens is 4. The Morgan fingerprint density at radius 1 is 1.00 bits per heavy atom. The lowest BCUT2D eigenvalue weighted by Gasteiger charge is -2.14. The summed E-state index contributed by atoms with van der Waals surface area (Å²) in [5.74, 6) is -0.549. The van der Waals surface area contributed by atoms with Gasteiger partial charge in [-0.15, -0.1) is 0 Å². The summed E-state index contributed by atoms with van der Waals surface area (Å²) < 4.78 is 31.7. The molecular weight excluding hydrogens is 402 g/mol. The number of rotatable bonds is 6. The van der Waals surface area contributed by atoms with E-state index in [0.29, 0.717) is 17.7 Å². The van der Waals surface area contributed by atoms with Crippen molar-refractivity contribution in [2.24, 2.45) is 5.92 Å². The summed E-state index contributed by atoms with van der Waals surface area (Å²) in [7, 11) is 0. The molecule has 31 heavy (non-hydrogen) atoms. The van der Waals surface area contributed by atoms with Crippen molar-refractivity contribution in [2.75, 3.05) is 0 Å². The smallest absolute Gasteiger partial charge is 0.320 e. The average molecular weight is 424 g/mol. The van der Waals surface area contributed by atoms with Gasteiger partial charge in [-0.1, -0.05) is 32.0 Å². The van der Waals surface area contributed by atoms with Crippen LogP contribution in [0.2, 0.25) is 0 Å². The lowest BCUT2D eigenvalue weighted by Crippen LogP contribution is -2.40. The molecule has 0 fully saturated rings. The van der Waals surface area contributed by atoms with E-state index in [-0.39, 0.29) is 30.2 Å². The lowest BCUT2D eigenvalue weighted by atomic mass is 10.1. The fourth-order valence-electron chi connectivity index (χ4n) is 3.52. The molecule has 0 saturated heterocycles. The second kappa shape index (κ2) is 8.29. The minimum Gasteiger partial charge on any atom is -0.320 e. The molecule has 0 atom stereocenters. The maximum Gasteiger partial charge on any atom is 0.337 e. The third-order valence-electron chi connectivity index (χ3n) is 5.21. The molecule has 4 aromatic rings. The van der Waals surface area contributed by atoms with Gasteiger partial charge in [0.15, 0.2) is 11.2 Å². The molecule has 0 unspecified atom stereocenters. The highest BCUT2D eigenvalue weighted by atomic mass is 19.1. The molecule has 2 heterocycles. The van der Waals surface area contributed by atoms with E-state index in [1.54, 1.807) is 22.8 Å². The van der Waals surface area contributed by atoms with Gasteiger partial charge in [-0.25, -0.2) is 23.1 Å². The summed E-state index contributed by atoms with van der Waals surface area (Å²) in [6.07, 6.45) is 2.05. The molecule has 2 aromatic carbocycles. The number of hydrogen-bond donors (Lipinski definition) is 0. The highest BCUT2D eigenvalue weighted by molar-refractivity contribution is 5.72. The van der Waals surface area contributed by atoms with E-state index in [9.17, 15) is 18.4 Å². The molecule has 160 valence electrons. The molecule has 0 aliphatic heterocycles. The van der Waals surface area contributed by atoms with E-state index < -0.39 is 22.9 Å². The predicted molar refractivity (Wildman–Crippen MR) is 115 cm³/mol. The quantitative estimate of drug-likeness (QED) is 0.474. The van der Waals surface area contributed by atoms with E-state index in [1.807, 2.05) is 13.8 Å². The van der Waals surface area contributed by atoms with Crippen molar-refractivity contribution in [1.29, 1.82) is 0 Å². The Kier molecular flexibility index (Phi) is 5.54. The zero-order chi connectivity index (χ0) is 22.1. The summed E-state index contributed by atoms with van der Waals surface area (Å²) in [5.41, 5.74) is 0.115. The van der Waals surface area contributed by atoms with Gasteiger partial charge in [0.2, 0.25) is 0 Å². The first-order chi connectivity index (χ1) is 14.9. The molecule has 0 spiro atoms. The van der Waals surface area contributed by atoms with Crippen LogP contribution in [0.25, 0.3) is 16.9 Å². The normalized spacial score (nSPS) is 11.5. The second-order valence-electron chi connectivity index (χ2n) is 7.87. The van der Waals surface area contributed by atoms with Gasteiger partial charge in [0.25, 0.3) is 5.56 Å². The van der Waals surface area contributed by atoms with Crippen LogP contribution in [0.5, 0.6) is 0 Å². The predicted octanol–water partition coefficient (Wildman–Crippen LogP) is 3.72. The van der Waals surface area contributed by atoms with Crippen molar-refractivity contribution >= 4 is 11.2 Å².